The summed E-state index contributed by atoms with van der Waals surface area (Å²) in [6.45, 7) is 5.32. The van der Waals surface area contributed by atoms with Crippen LogP contribution < -0.4 is 21.3 Å². The third-order valence-corrected chi connectivity index (χ3v) is 20.9. The molecule has 6 amide bonds. The van der Waals surface area contributed by atoms with Gasteiger partial charge in [-0.05, 0) is 154 Å². The van der Waals surface area contributed by atoms with Crippen LogP contribution in [0.5, 0.6) is 0 Å². The Bertz CT molecular complexity index is 3570. The maximum atomic E-state index is 14.3. The maximum absolute atomic E-state index is 14.3. The highest BCUT2D eigenvalue weighted by molar-refractivity contribution is 5.95. The number of ether oxygens (including phenoxy) is 2. The number of piperidine rings is 2. The molecular weight excluding hydrogens is 1310 g/mol. The number of fused-ring (bicyclic) bond motifs is 2. The van der Waals surface area contributed by atoms with Crippen molar-refractivity contribution in [2.75, 3.05) is 98.9 Å². The third kappa shape index (κ3) is 19.7. The number of alkyl halides is 6. The number of unbranched alkanes of at least 4 members (excludes halogenated alkanes) is 3. The molecule has 2 aliphatic carbocycles. The molecule has 10 rings (SSSR count). The fraction of sp³-hybridized carbons (Fsp3) is 0.487. The van der Waals surface area contributed by atoms with Gasteiger partial charge in [-0.25, -0.2) is 4.39 Å². The van der Waals surface area contributed by atoms with Crippen LogP contribution >= 0.6 is 0 Å². The Morgan fingerprint density at radius 1 is 0.634 bits per heavy atom. The Hall–Kier alpha value is -8.25. The van der Waals surface area contributed by atoms with Gasteiger partial charge in [-0.15, -0.1) is 0 Å². The first kappa shape index (κ1) is 75.4. The second kappa shape index (κ2) is 34.6. The van der Waals surface area contributed by atoms with Crippen molar-refractivity contribution in [3.63, 3.8) is 0 Å². The standard InChI is InChI=1S/C78H93F7N8O8/c1-90(72(98)53-100-67-47-57-20-13-14-27-66(57)74(67)34-42-91(43-35-74)44-36-75(59-29-31-65(79)32-30-59)54-93(55-101-75)73(99)58-45-63(77(80,81)82)48-64(46-58)78(83,84)85)39-18-28-68(94)86-37-15-2-3-16-40-92-41-17-19-56(52-92)50-88-69(95)33-38-87-71(97)51-89-70(96)49-76(60-21-7-4-8-22-60,61-23-9-5-10-24-61)62-25-11-6-12-26-62/h4-14,20-27,29,31,45-46,48,56,67H,2-3,15-19,28,30,32-44,47,49-55H2,1H3,(H,86,94)(H,87,97)(H,88,95)(H,89,96)/t56?,67-,75-/m0/s1. The van der Waals surface area contributed by atoms with Crippen molar-refractivity contribution in [3.8, 4) is 0 Å². The monoisotopic (exact) mass is 1400 g/mol. The van der Waals surface area contributed by atoms with Crippen LogP contribution in [0.4, 0.5) is 30.7 Å². The molecule has 0 saturated carbocycles. The summed E-state index contributed by atoms with van der Waals surface area (Å²) in [4.78, 5) is 87.0. The summed E-state index contributed by atoms with van der Waals surface area (Å²) in [6.07, 6.45) is 1.87. The molecule has 3 atom stereocenters. The Labute approximate surface area is 586 Å². The van der Waals surface area contributed by atoms with Crippen molar-refractivity contribution in [3.05, 3.63) is 202 Å². The summed E-state index contributed by atoms with van der Waals surface area (Å²) in [5, 5.41) is 11.7. The first-order valence-corrected chi connectivity index (χ1v) is 35.4. The fourth-order valence-electron chi connectivity index (χ4n) is 15.3. The van der Waals surface area contributed by atoms with E-state index in [0.29, 0.717) is 95.0 Å². The molecule has 3 heterocycles. The third-order valence-electron chi connectivity index (χ3n) is 20.9. The number of carbonyl (C=O) groups is 6. The molecule has 5 aromatic carbocycles. The van der Waals surface area contributed by atoms with Gasteiger partial charge in [0.1, 0.15) is 24.8 Å². The van der Waals surface area contributed by atoms with E-state index < -0.39 is 58.1 Å². The van der Waals surface area contributed by atoms with Crippen LogP contribution in [-0.2, 0) is 63.0 Å². The van der Waals surface area contributed by atoms with E-state index in [4.69, 9.17) is 9.47 Å². The number of hydrogen-bond acceptors (Lipinski definition) is 10. The van der Waals surface area contributed by atoms with E-state index in [2.05, 4.69) is 43.2 Å². The SMILES string of the molecule is CN(CCCC(=O)NCCCCCCN1CCCC(CNC(=O)CCNC(=O)CNC(=O)CC(c2ccccc2)(c2ccccc2)c2ccccc2)C1)C(=O)CO[C@H]1Cc2ccccc2C12CCN(CC[C@@]1(C3=CC=C(F)CC3)CN(C(=O)c3cc(C(F)(F)F)cc(C(F)(F)F)c3)CO1)CC2. The van der Waals surface area contributed by atoms with Gasteiger partial charge in [-0.3, -0.25) is 28.8 Å². The Morgan fingerprint density at radius 2 is 1.26 bits per heavy atom. The van der Waals surface area contributed by atoms with Crippen LogP contribution in [0.1, 0.15) is 146 Å². The van der Waals surface area contributed by atoms with E-state index in [0.717, 1.165) is 85.3 Å². The van der Waals surface area contributed by atoms with Crippen LogP contribution in [0.25, 0.3) is 0 Å². The molecule has 16 nitrogen and oxygen atoms in total. The lowest BCUT2D eigenvalue weighted by molar-refractivity contribution is -0.143. The highest BCUT2D eigenvalue weighted by atomic mass is 19.4. The molecule has 3 aliphatic heterocycles. The molecule has 0 aromatic heterocycles. The number of carbonyl (C=O) groups excluding carboxylic acids is 6. The van der Waals surface area contributed by atoms with Crippen LogP contribution in [0.2, 0.25) is 0 Å². The van der Waals surface area contributed by atoms with E-state index in [1.165, 1.54) is 11.6 Å². The van der Waals surface area contributed by atoms with Gasteiger partial charge >= 0.3 is 12.4 Å². The van der Waals surface area contributed by atoms with Gasteiger partial charge in [0.05, 0.1) is 35.7 Å². The van der Waals surface area contributed by atoms with Crippen molar-refractivity contribution in [1.29, 1.82) is 0 Å². The van der Waals surface area contributed by atoms with E-state index in [1.54, 1.807) is 18.0 Å². The quantitative estimate of drug-likeness (QED) is 0.0189. The molecule has 1 unspecified atom stereocenters. The number of halogens is 7. The summed E-state index contributed by atoms with van der Waals surface area (Å²) in [5.74, 6) is -2.13. The summed E-state index contributed by atoms with van der Waals surface area (Å²) >= 11 is 0. The number of likely N-dealkylation sites (tertiary alicyclic amines) is 2. The Balaban J connectivity index is 0.580. The van der Waals surface area contributed by atoms with Crippen molar-refractivity contribution < 1.29 is 69.0 Å². The van der Waals surface area contributed by atoms with Crippen LogP contribution in [0.15, 0.2) is 157 Å². The smallest absolute Gasteiger partial charge is 0.367 e. The van der Waals surface area contributed by atoms with Crippen LogP contribution in [0.3, 0.4) is 0 Å². The predicted octanol–water partition coefficient (Wildman–Crippen LogP) is 11.6. The Kier molecular flexibility index (Phi) is 25.8. The van der Waals surface area contributed by atoms with Crippen LogP contribution in [-0.4, -0.2) is 166 Å². The number of amides is 6. The zero-order valence-electron chi connectivity index (χ0n) is 57.4. The number of hydrogen-bond donors (Lipinski definition) is 4. The number of nitrogens with one attached hydrogen (secondary N) is 4. The minimum Gasteiger partial charge on any atom is -0.367 e. The van der Waals surface area contributed by atoms with E-state index in [1.807, 2.05) is 103 Å². The summed E-state index contributed by atoms with van der Waals surface area (Å²) in [7, 11) is 1.71. The predicted molar refractivity (Wildman–Crippen MR) is 370 cm³/mol. The second-order valence-corrected chi connectivity index (χ2v) is 27.6. The van der Waals surface area contributed by atoms with E-state index in [-0.39, 0.29) is 106 Å². The lowest BCUT2D eigenvalue weighted by atomic mass is 9.67. The number of likely N-dealkylation sites (N-methyl/N-ethyl adjacent to an activating group) is 1. The average Bonchev–Trinajstić information content (AvgIpc) is 1.18. The molecule has 101 heavy (non-hydrogen) atoms. The lowest BCUT2D eigenvalue weighted by Gasteiger charge is -2.44. The highest BCUT2D eigenvalue weighted by Crippen LogP contribution is 2.49. The van der Waals surface area contributed by atoms with Crippen molar-refractivity contribution in [1.82, 2.24) is 40.9 Å². The van der Waals surface area contributed by atoms with Crippen molar-refractivity contribution in [2.24, 2.45) is 5.92 Å². The summed E-state index contributed by atoms with van der Waals surface area (Å²) in [6, 6.07) is 38.7. The highest BCUT2D eigenvalue weighted by Gasteiger charge is 2.51. The number of nitrogens with zero attached hydrogens (tertiary/aromatic N) is 4. The molecular formula is C78H93F7N8O8. The zero-order valence-corrected chi connectivity index (χ0v) is 57.4. The molecule has 4 N–H and O–H groups in total. The van der Waals surface area contributed by atoms with Gasteiger partial charge in [0.15, 0.2) is 0 Å². The average molecular weight is 1400 g/mol. The van der Waals surface area contributed by atoms with Gasteiger partial charge in [0, 0.05) is 83.0 Å². The van der Waals surface area contributed by atoms with Gasteiger partial charge in [-0.1, -0.05) is 134 Å². The first-order chi connectivity index (χ1) is 48.5. The zero-order chi connectivity index (χ0) is 71.6. The molecule has 3 saturated heterocycles. The van der Waals surface area contributed by atoms with Gasteiger partial charge in [0.2, 0.25) is 29.5 Å². The molecule has 5 aliphatic rings. The minimum atomic E-state index is -5.14. The molecule has 542 valence electrons. The van der Waals surface area contributed by atoms with Gasteiger partial charge in [-0.2, -0.15) is 26.3 Å². The minimum absolute atomic E-state index is 0.0201. The van der Waals surface area contributed by atoms with E-state index in [9.17, 15) is 59.5 Å². The van der Waals surface area contributed by atoms with E-state index >= 15 is 0 Å². The molecule has 1 spiro atoms. The molecule has 5 aromatic rings. The van der Waals surface area contributed by atoms with Crippen molar-refractivity contribution >= 4 is 35.4 Å². The first-order valence-electron chi connectivity index (χ1n) is 35.4. The maximum Gasteiger partial charge on any atom is 0.416 e. The normalized spacial score (nSPS) is 19.4. The molecule has 0 radical (unpaired) electrons. The Morgan fingerprint density at radius 3 is 1.90 bits per heavy atom. The lowest BCUT2D eigenvalue weighted by Crippen LogP contribution is -2.50. The largest absolute Gasteiger partial charge is 0.416 e. The number of rotatable bonds is 31. The number of benzene rings is 5. The number of allylic oxidation sites excluding steroid dienone is 3. The summed E-state index contributed by atoms with van der Waals surface area (Å²) in [5.41, 5.74) is -0.458. The fourth-order valence-corrected chi connectivity index (χ4v) is 15.3. The topological polar surface area (TPSA) is 182 Å². The van der Waals surface area contributed by atoms with Crippen molar-refractivity contribution in [2.45, 2.75) is 138 Å². The molecule has 0 bridgehead atoms. The second-order valence-electron chi connectivity index (χ2n) is 27.6. The van der Waals surface area contributed by atoms with Crippen LogP contribution in [0, 0.1) is 5.92 Å². The summed E-state index contributed by atoms with van der Waals surface area (Å²) < 4.78 is 110. The van der Waals surface area contributed by atoms with Gasteiger partial charge in [0.25, 0.3) is 5.91 Å². The van der Waals surface area contributed by atoms with Gasteiger partial charge < -0.3 is 50.3 Å². The molecule has 23 heteroatoms. The molecule has 3 fully saturated rings.